The third-order valence-corrected chi connectivity index (χ3v) is 3.59. The Morgan fingerprint density at radius 2 is 2.25 bits per heavy atom. The SMILES string of the molecule is FC1(F)CC(c2nc(-c3cccs3)n[nH]2)C1. The zero-order valence-corrected chi connectivity index (χ0v) is 9.10. The highest BCUT2D eigenvalue weighted by atomic mass is 32.1. The fraction of sp³-hybridized carbons (Fsp3) is 0.400. The number of alkyl halides is 2. The summed E-state index contributed by atoms with van der Waals surface area (Å²) in [5.41, 5.74) is 0. The van der Waals surface area contributed by atoms with Gasteiger partial charge in [-0.3, -0.25) is 5.10 Å². The Morgan fingerprint density at radius 1 is 1.44 bits per heavy atom. The van der Waals surface area contributed by atoms with Crippen molar-refractivity contribution in [1.82, 2.24) is 15.2 Å². The third kappa shape index (κ3) is 1.63. The van der Waals surface area contributed by atoms with Gasteiger partial charge in [-0.15, -0.1) is 11.3 Å². The molecule has 1 fully saturated rings. The Labute approximate surface area is 94.5 Å². The van der Waals surface area contributed by atoms with Crippen LogP contribution in [0.5, 0.6) is 0 Å². The van der Waals surface area contributed by atoms with Crippen molar-refractivity contribution in [1.29, 1.82) is 0 Å². The van der Waals surface area contributed by atoms with Crippen molar-refractivity contribution in [3.63, 3.8) is 0 Å². The molecule has 0 radical (unpaired) electrons. The van der Waals surface area contributed by atoms with E-state index in [1.807, 2.05) is 17.5 Å². The van der Waals surface area contributed by atoms with Gasteiger partial charge in [-0.25, -0.2) is 13.8 Å². The molecule has 2 heterocycles. The van der Waals surface area contributed by atoms with E-state index in [0.29, 0.717) is 11.6 Å². The molecular formula is C10H9F2N3S. The Kier molecular flexibility index (Phi) is 2.07. The van der Waals surface area contributed by atoms with E-state index in [1.54, 1.807) is 0 Å². The first kappa shape index (κ1) is 9.89. The van der Waals surface area contributed by atoms with E-state index in [0.717, 1.165) is 4.88 Å². The molecule has 1 saturated carbocycles. The standard InChI is InChI=1S/C10H9F2N3S/c11-10(12)4-6(5-10)8-13-9(15-14-8)7-2-1-3-16-7/h1-3,6H,4-5H2,(H,13,14,15). The van der Waals surface area contributed by atoms with Gasteiger partial charge in [0.2, 0.25) is 5.92 Å². The van der Waals surface area contributed by atoms with Gasteiger partial charge >= 0.3 is 0 Å². The van der Waals surface area contributed by atoms with Gasteiger partial charge in [0.05, 0.1) is 4.88 Å². The van der Waals surface area contributed by atoms with Crippen molar-refractivity contribution in [2.24, 2.45) is 0 Å². The molecule has 0 amide bonds. The molecule has 2 aromatic heterocycles. The van der Waals surface area contributed by atoms with Crippen LogP contribution >= 0.6 is 11.3 Å². The van der Waals surface area contributed by atoms with Crippen LogP contribution in [0.3, 0.4) is 0 Å². The molecular weight excluding hydrogens is 232 g/mol. The van der Waals surface area contributed by atoms with Crippen LogP contribution in [0.2, 0.25) is 0 Å². The summed E-state index contributed by atoms with van der Waals surface area (Å²) in [5, 5.41) is 8.72. The summed E-state index contributed by atoms with van der Waals surface area (Å²) in [5.74, 6) is -1.51. The highest BCUT2D eigenvalue weighted by molar-refractivity contribution is 7.13. The molecule has 0 atom stereocenters. The fourth-order valence-corrected chi connectivity index (χ4v) is 2.48. The molecule has 0 aromatic carbocycles. The number of nitrogens with one attached hydrogen (secondary N) is 1. The zero-order valence-electron chi connectivity index (χ0n) is 8.28. The second-order valence-corrected chi connectivity index (χ2v) is 4.93. The number of halogens is 2. The van der Waals surface area contributed by atoms with Crippen molar-refractivity contribution in [3.05, 3.63) is 23.3 Å². The first-order valence-corrected chi connectivity index (χ1v) is 5.86. The van der Waals surface area contributed by atoms with Gasteiger partial charge < -0.3 is 0 Å². The summed E-state index contributed by atoms with van der Waals surface area (Å²) in [6.07, 6.45) is -0.238. The number of hydrogen-bond acceptors (Lipinski definition) is 3. The molecule has 0 unspecified atom stereocenters. The topological polar surface area (TPSA) is 41.6 Å². The molecule has 0 bridgehead atoms. The molecule has 84 valence electrons. The van der Waals surface area contributed by atoms with Gasteiger partial charge in [0.15, 0.2) is 5.82 Å². The monoisotopic (exact) mass is 241 g/mol. The molecule has 0 saturated heterocycles. The van der Waals surface area contributed by atoms with Gasteiger partial charge in [0.25, 0.3) is 0 Å². The van der Waals surface area contributed by atoms with E-state index in [1.165, 1.54) is 11.3 Å². The number of thiophene rings is 1. The van der Waals surface area contributed by atoms with Crippen LogP contribution in [0.4, 0.5) is 8.78 Å². The second-order valence-electron chi connectivity index (χ2n) is 3.98. The normalized spacial score (nSPS) is 19.6. The van der Waals surface area contributed by atoms with Crippen molar-refractivity contribution in [3.8, 4) is 10.7 Å². The molecule has 16 heavy (non-hydrogen) atoms. The number of H-pyrrole nitrogens is 1. The van der Waals surface area contributed by atoms with Gasteiger partial charge in [-0.05, 0) is 11.4 Å². The summed E-state index contributed by atoms with van der Waals surface area (Å²) in [7, 11) is 0. The van der Waals surface area contributed by atoms with Crippen LogP contribution in [0.15, 0.2) is 17.5 Å². The van der Waals surface area contributed by atoms with E-state index in [-0.39, 0.29) is 18.8 Å². The van der Waals surface area contributed by atoms with Gasteiger partial charge in [-0.1, -0.05) is 6.07 Å². The molecule has 3 nitrogen and oxygen atoms in total. The molecule has 1 aliphatic rings. The first-order chi connectivity index (χ1) is 7.64. The number of hydrogen-bond donors (Lipinski definition) is 1. The highest BCUT2D eigenvalue weighted by Gasteiger charge is 2.47. The third-order valence-electron chi connectivity index (χ3n) is 2.72. The Morgan fingerprint density at radius 3 is 2.88 bits per heavy atom. The highest BCUT2D eigenvalue weighted by Crippen LogP contribution is 2.47. The summed E-state index contributed by atoms with van der Waals surface area (Å²) in [6, 6.07) is 3.82. The maximum atomic E-state index is 12.7. The van der Waals surface area contributed by atoms with E-state index < -0.39 is 5.92 Å². The second kappa shape index (κ2) is 3.35. The predicted molar refractivity (Wildman–Crippen MR) is 56.6 cm³/mol. The van der Waals surface area contributed by atoms with E-state index in [9.17, 15) is 8.78 Å². The molecule has 0 spiro atoms. The number of aromatic nitrogens is 3. The summed E-state index contributed by atoms with van der Waals surface area (Å²) in [6.45, 7) is 0. The van der Waals surface area contributed by atoms with Gasteiger partial charge in [-0.2, -0.15) is 5.10 Å². The lowest BCUT2D eigenvalue weighted by Crippen LogP contribution is -2.34. The van der Waals surface area contributed by atoms with Crippen molar-refractivity contribution >= 4 is 11.3 Å². The maximum Gasteiger partial charge on any atom is 0.249 e. The van der Waals surface area contributed by atoms with Crippen LogP contribution in [0.25, 0.3) is 10.7 Å². The van der Waals surface area contributed by atoms with Crippen LogP contribution in [-0.4, -0.2) is 21.1 Å². The molecule has 0 aliphatic heterocycles. The first-order valence-electron chi connectivity index (χ1n) is 4.98. The quantitative estimate of drug-likeness (QED) is 0.878. The number of nitrogens with zero attached hydrogens (tertiary/aromatic N) is 2. The van der Waals surface area contributed by atoms with Crippen LogP contribution in [-0.2, 0) is 0 Å². The van der Waals surface area contributed by atoms with E-state index in [4.69, 9.17) is 0 Å². The molecule has 2 aromatic rings. The maximum absolute atomic E-state index is 12.7. The summed E-state index contributed by atoms with van der Waals surface area (Å²) < 4.78 is 25.4. The largest absolute Gasteiger partial charge is 0.262 e. The lowest BCUT2D eigenvalue weighted by atomic mass is 9.81. The van der Waals surface area contributed by atoms with Gasteiger partial charge in [0, 0.05) is 18.8 Å². The van der Waals surface area contributed by atoms with Crippen LogP contribution in [0.1, 0.15) is 24.6 Å². The Balaban J connectivity index is 1.79. The Hall–Kier alpha value is -1.30. The minimum absolute atomic E-state index is 0.119. The molecule has 1 aliphatic carbocycles. The van der Waals surface area contributed by atoms with Crippen molar-refractivity contribution in [2.45, 2.75) is 24.7 Å². The van der Waals surface area contributed by atoms with E-state index in [2.05, 4.69) is 15.2 Å². The molecule has 6 heteroatoms. The summed E-state index contributed by atoms with van der Waals surface area (Å²) >= 11 is 1.53. The predicted octanol–water partition coefficient (Wildman–Crippen LogP) is 3.05. The minimum atomic E-state index is -2.51. The van der Waals surface area contributed by atoms with Crippen molar-refractivity contribution < 1.29 is 8.78 Å². The average Bonchev–Trinajstić information content (AvgIpc) is 2.84. The van der Waals surface area contributed by atoms with Crippen molar-refractivity contribution in [2.75, 3.05) is 0 Å². The summed E-state index contributed by atoms with van der Waals surface area (Å²) in [4.78, 5) is 5.20. The lowest BCUT2D eigenvalue weighted by Gasteiger charge is -2.33. The number of aromatic amines is 1. The molecule has 3 rings (SSSR count). The lowest BCUT2D eigenvalue weighted by molar-refractivity contribution is -0.0884. The van der Waals surface area contributed by atoms with E-state index >= 15 is 0 Å². The van der Waals surface area contributed by atoms with Crippen LogP contribution < -0.4 is 0 Å². The van der Waals surface area contributed by atoms with Crippen LogP contribution in [0, 0.1) is 0 Å². The Bertz CT molecular complexity index is 484. The minimum Gasteiger partial charge on any atom is -0.262 e. The number of rotatable bonds is 2. The molecule has 1 N–H and O–H groups in total. The zero-order chi connectivity index (χ0) is 11.2. The average molecular weight is 241 g/mol. The smallest absolute Gasteiger partial charge is 0.249 e. The fourth-order valence-electron chi connectivity index (χ4n) is 1.83. The van der Waals surface area contributed by atoms with Gasteiger partial charge in [0.1, 0.15) is 5.82 Å².